The minimum absolute atomic E-state index is 0.0952. The molecule has 0 spiro atoms. The van der Waals surface area contributed by atoms with Crippen LogP contribution >= 0.6 is 0 Å². The molecule has 36 heavy (non-hydrogen) atoms. The molecule has 2 aromatic carbocycles. The van der Waals surface area contributed by atoms with E-state index in [-0.39, 0.29) is 18.5 Å². The third kappa shape index (κ3) is 6.14. The van der Waals surface area contributed by atoms with E-state index < -0.39 is 36.2 Å². The molecule has 0 bridgehead atoms. The molecular weight excluding hydrogens is 474 g/mol. The van der Waals surface area contributed by atoms with Gasteiger partial charge in [-0.05, 0) is 30.3 Å². The number of hydrogen-bond donors (Lipinski definition) is 2. The van der Waals surface area contributed by atoms with Gasteiger partial charge in [0, 0.05) is 18.1 Å². The van der Waals surface area contributed by atoms with Gasteiger partial charge in [0.2, 0.25) is 5.91 Å². The number of methoxy groups -OCH3 is 4. The predicted molar refractivity (Wildman–Crippen MR) is 126 cm³/mol. The molecule has 1 fully saturated rings. The van der Waals surface area contributed by atoms with Crippen LogP contribution in [0.1, 0.15) is 16.8 Å². The van der Waals surface area contributed by atoms with Crippen LogP contribution in [0.5, 0.6) is 23.0 Å². The lowest BCUT2D eigenvalue weighted by atomic mass is 10.1. The zero-order chi connectivity index (χ0) is 26.2. The van der Waals surface area contributed by atoms with E-state index in [1.54, 1.807) is 24.3 Å². The van der Waals surface area contributed by atoms with E-state index in [1.807, 2.05) is 0 Å². The highest BCUT2D eigenvalue weighted by atomic mass is 16.5. The number of nitrogens with one attached hydrogen (secondary N) is 2. The van der Waals surface area contributed by atoms with Crippen molar-refractivity contribution in [3.05, 3.63) is 42.0 Å². The zero-order valence-corrected chi connectivity index (χ0v) is 20.3. The second-order valence-electron chi connectivity index (χ2n) is 7.64. The first-order valence-corrected chi connectivity index (χ1v) is 10.8. The average Bonchev–Trinajstić information content (AvgIpc) is 3.26. The van der Waals surface area contributed by atoms with Crippen LogP contribution in [-0.2, 0) is 19.1 Å². The van der Waals surface area contributed by atoms with Gasteiger partial charge in [-0.3, -0.25) is 29.6 Å². The maximum atomic E-state index is 12.6. The van der Waals surface area contributed by atoms with Gasteiger partial charge in [0.25, 0.3) is 11.8 Å². The molecule has 1 saturated heterocycles. The minimum Gasteiger partial charge on any atom is -0.497 e. The lowest BCUT2D eigenvalue weighted by molar-refractivity contribution is -0.151. The SMILES string of the molecule is COc1ccc(OC)c(NC(=O)COC(=O)[C@H]2CC(=O)N(NC(=O)c3ccc(OC)c(OC)c3)C2)c1. The van der Waals surface area contributed by atoms with Crippen molar-refractivity contribution < 1.29 is 42.9 Å². The molecule has 192 valence electrons. The van der Waals surface area contributed by atoms with E-state index in [1.165, 1.54) is 40.6 Å². The van der Waals surface area contributed by atoms with Crippen LogP contribution in [0.25, 0.3) is 0 Å². The standard InChI is InChI=1S/C24H27N3O9/c1-32-16-6-8-18(33-2)17(11-16)25-21(28)13-36-24(31)15-10-22(29)27(12-15)26-23(30)14-5-7-19(34-3)20(9-14)35-4/h5-9,11,15H,10,12-13H2,1-4H3,(H,25,28)(H,26,30)/t15-/m0/s1. The maximum Gasteiger partial charge on any atom is 0.311 e. The van der Waals surface area contributed by atoms with Crippen LogP contribution in [0, 0.1) is 5.92 Å². The van der Waals surface area contributed by atoms with Gasteiger partial charge in [0.1, 0.15) is 11.5 Å². The fraction of sp³-hybridized carbons (Fsp3) is 0.333. The van der Waals surface area contributed by atoms with E-state index in [0.717, 1.165) is 5.01 Å². The van der Waals surface area contributed by atoms with Crippen molar-refractivity contribution in [2.45, 2.75) is 6.42 Å². The molecule has 3 amide bonds. The highest BCUT2D eigenvalue weighted by Crippen LogP contribution is 2.29. The Kier molecular flexibility index (Phi) is 8.55. The average molecular weight is 501 g/mol. The first kappa shape index (κ1) is 26.1. The van der Waals surface area contributed by atoms with Gasteiger partial charge in [-0.25, -0.2) is 0 Å². The third-order valence-corrected chi connectivity index (χ3v) is 5.37. The van der Waals surface area contributed by atoms with Crippen LogP contribution < -0.4 is 29.7 Å². The predicted octanol–water partition coefficient (Wildman–Crippen LogP) is 1.40. The molecule has 0 aliphatic carbocycles. The molecular formula is C24H27N3O9. The Morgan fingerprint density at radius 2 is 1.61 bits per heavy atom. The molecule has 0 radical (unpaired) electrons. The lowest BCUT2D eigenvalue weighted by Crippen LogP contribution is -2.43. The number of benzene rings is 2. The summed E-state index contributed by atoms with van der Waals surface area (Å²) in [5.74, 6) is -1.51. The van der Waals surface area contributed by atoms with Gasteiger partial charge < -0.3 is 29.0 Å². The van der Waals surface area contributed by atoms with E-state index in [0.29, 0.717) is 28.7 Å². The van der Waals surface area contributed by atoms with E-state index >= 15 is 0 Å². The topological polar surface area (TPSA) is 142 Å². The molecule has 1 atom stereocenters. The summed E-state index contributed by atoms with van der Waals surface area (Å²) < 4.78 is 25.7. The fourth-order valence-corrected chi connectivity index (χ4v) is 3.49. The van der Waals surface area contributed by atoms with Gasteiger partial charge in [-0.15, -0.1) is 0 Å². The van der Waals surface area contributed by atoms with Gasteiger partial charge in [-0.1, -0.05) is 0 Å². The molecule has 1 aliphatic heterocycles. The highest BCUT2D eigenvalue weighted by molar-refractivity contribution is 5.97. The Labute approximate surface area is 207 Å². The molecule has 0 aromatic heterocycles. The van der Waals surface area contributed by atoms with E-state index in [2.05, 4.69) is 10.7 Å². The lowest BCUT2D eigenvalue weighted by Gasteiger charge is -2.18. The van der Waals surface area contributed by atoms with Crippen LogP contribution in [0.4, 0.5) is 5.69 Å². The van der Waals surface area contributed by atoms with Crippen molar-refractivity contribution in [2.75, 3.05) is 46.9 Å². The summed E-state index contributed by atoms with van der Waals surface area (Å²) in [4.78, 5) is 49.7. The van der Waals surface area contributed by atoms with Crippen LogP contribution in [0.15, 0.2) is 36.4 Å². The number of carbonyl (C=O) groups excluding carboxylic acids is 4. The maximum absolute atomic E-state index is 12.6. The summed E-state index contributed by atoms with van der Waals surface area (Å²) in [6, 6.07) is 9.39. The molecule has 0 unspecified atom stereocenters. The number of hydrogen-bond acceptors (Lipinski definition) is 9. The number of nitrogens with zero attached hydrogens (tertiary/aromatic N) is 1. The molecule has 2 N–H and O–H groups in total. The highest BCUT2D eigenvalue weighted by Gasteiger charge is 2.37. The molecule has 0 saturated carbocycles. The quantitative estimate of drug-likeness (QED) is 0.462. The van der Waals surface area contributed by atoms with Gasteiger partial charge >= 0.3 is 5.97 Å². The Bertz CT molecular complexity index is 1150. The monoisotopic (exact) mass is 501 g/mol. The summed E-state index contributed by atoms with van der Waals surface area (Å²) in [7, 11) is 5.84. The van der Waals surface area contributed by atoms with Gasteiger partial charge in [-0.2, -0.15) is 0 Å². The second-order valence-corrected chi connectivity index (χ2v) is 7.64. The molecule has 2 aromatic rings. The number of ether oxygens (including phenoxy) is 5. The summed E-state index contributed by atoms with van der Waals surface area (Å²) >= 11 is 0. The van der Waals surface area contributed by atoms with Gasteiger partial charge in [0.05, 0.1) is 46.6 Å². The first-order valence-electron chi connectivity index (χ1n) is 10.8. The summed E-state index contributed by atoms with van der Waals surface area (Å²) in [6.07, 6.45) is -0.170. The molecule has 12 nitrogen and oxygen atoms in total. The normalized spacial score (nSPS) is 14.6. The number of esters is 1. The number of hydrazine groups is 1. The van der Waals surface area contributed by atoms with Crippen LogP contribution in [0.2, 0.25) is 0 Å². The van der Waals surface area contributed by atoms with Crippen molar-refractivity contribution in [1.82, 2.24) is 10.4 Å². The Morgan fingerprint density at radius 3 is 2.28 bits per heavy atom. The smallest absolute Gasteiger partial charge is 0.311 e. The fourth-order valence-electron chi connectivity index (χ4n) is 3.49. The van der Waals surface area contributed by atoms with E-state index in [4.69, 9.17) is 23.7 Å². The Balaban J connectivity index is 1.53. The Morgan fingerprint density at radius 1 is 0.917 bits per heavy atom. The molecule has 12 heteroatoms. The van der Waals surface area contributed by atoms with Crippen molar-refractivity contribution >= 4 is 29.4 Å². The van der Waals surface area contributed by atoms with Gasteiger partial charge in [0.15, 0.2) is 18.1 Å². The minimum atomic E-state index is -0.845. The zero-order valence-electron chi connectivity index (χ0n) is 20.3. The third-order valence-electron chi connectivity index (χ3n) is 5.37. The number of anilines is 1. The second kappa shape index (κ2) is 11.8. The van der Waals surface area contributed by atoms with E-state index in [9.17, 15) is 19.2 Å². The first-order chi connectivity index (χ1) is 17.3. The Hall–Kier alpha value is -4.48. The summed E-state index contributed by atoms with van der Waals surface area (Å²) in [6.45, 7) is -0.663. The summed E-state index contributed by atoms with van der Waals surface area (Å²) in [5.41, 5.74) is 3.05. The van der Waals surface area contributed by atoms with Crippen LogP contribution in [-0.4, -0.2) is 70.3 Å². The van der Waals surface area contributed by atoms with Crippen LogP contribution in [0.3, 0.4) is 0 Å². The molecule has 3 rings (SSSR count). The number of carbonyl (C=O) groups is 4. The number of amides is 3. The van der Waals surface area contributed by atoms with Crippen molar-refractivity contribution in [2.24, 2.45) is 5.92 Å². The van der Waals surface area contributed by atoms with Crippen molar-refractivity contribution in [3.63, 3.8) is 0 Å². The largest absolute Gasteiger partial charge is 0.497 e. The number of rotatable bonds is 10. The van der Waals surface area contributed by atoms with Crippen molar-refractivity contribution in [1.29, 1.82) is 0 Å². The molecule has 1 heterocycles. The van der Waals surface area contributed by atoms with Crippen molar-refractivity contribution in [3.8, 4) is 23.0 Å². The molecule has 1 aliphatic rings. The summed E-state index contributed by atoms with van der Waals surface area (Å²) in [5, 5.41) is 3.63.